The van der Waals surface area contributed by atoms with Crippen molar-refractivity contribution in [2.45, 2.75) is 6.92 Å². The van der Waals surface area contributed by atoms with E-state index >= 15 is 0 Å². The Morgan fingerprint density at radius 1 is 1.36 bits per heavy atom. The van der Waals surface area contributed by atoms with Crippen LogP contribution in [-0.4, -0.2) is 0 Å². The fraction of sp³-hybridized carbons (Fsp3) is 0.125. The molecule has 3 heteroatoms. The molecule has 0 heterocycles. The number of benzene rings is 1. The minimum Gasteiger partial charge on any atom is -0.192 e. The van der Waals surface area contributed by atoms with Gasteiger partial charge in [0.05, 0.1) is 5.56 Å². The summed E-state index contributed by atoms with van der Waals surface area (Å²) in [5, 5.41) is 8.69. The highest BCUT2D eigenvalue weighted by atomic mass is 79.9. The van der Waals surface area contributed by atoms with Gasteiger partial charge in [-0.15, -0.1) is 0 Å². The lowest BCUT2D eigenvalue weighted by Crippen LogP contribution is -1.83. The van der Waals surface area contributed by atoms with E-state index in [0.717, 1.165) is 14.5 Å². The predicted molar refractivity (Wildman–Crippen MR) is 51.3 cm³/mol. The van der Waals surface area contributed by atoms with Crippen molar-refractivity contribution in [3.63, 3.8) is 0 Å². The fourth-order valence-corrected chi connectivity index (χ4v) is 2.37. The summed E-state index contributed by atoms with van der Waals surface area (Å²) < 4.78 is 1.83. The van der Waals surface area contributed by atoms with Crippen molar-refractivity contribution in [2.75, 3.05) is 0 Å². The molecule has 0 amide bonds. The van der Waals surface area contributed by atoms with Crippen LogP contribution >= 0.6 is 31.9 Å². The van der Waals surface area contributed by atoms with Gasteiger partial charge in [-0.3, -0.25) is 0 Å². The van der Waals surface area contributed by atoms with Crippen molar-refractivity contribution < 1.29 is 0 Å². The maximum absolute atomic E-state index is 8.69. The van der Waals surface area contributed by atoms with Gasteiger partial charge in [0.1, 0.15) is 6.07 Å². The zero-order chi connectivity index (χ0) is 8.43. The molecule has 56 valence electrons. The molecule has 1 aromatic carbocycles. The van der Waals surface area contributed by atoms with Gasteiger partial charge in [-0.25, -0.2) is 0 Å². The summed E-state index contributed by atoms with van der Waals surface area (Å²) in [6, 6.07) is 5.91. The molecule has 0 unspecified atom stereocenters. The van der Waals surface area contributed by atoms with Gasteiger partial charge in [0.15, 0.2) is 0 Å². The number of nitrogens with zero attached hydrogens (tertiary/aromatic N) is 1. The first-order valence-electron chi connectivity index (χ1n) is 3.01. The van der Waals surface area contributed by atoms with Gasteiger partial charge in [-0.1, -0.05) is 15.9 Å². The molecule has 1 rings (SSSR count). The van der Waals surface area contributed by atoms with E-state index in [1.54, 1.807) is 0 Å². The topological polar surface area (TPSA) is 23.8 Å². The summed E-state index contributed by atoms with van der Waals surface area (Å²) in [4.78, 5) is 0. The molecule has 11 heavy (non-hydrogen) atoms. The summed E-state index contributed by atoms with van der Waals surface area (Å²) in [7, 11) is 0. The lowest BCUT2D eigenvalue weighted by atomic mass is 10.1. The molecule has 0 radical (unpaired) electrons. The van der Waals surface area contributed by atoms with Gasteiger partial charge in [0.2, 0.25) is 0 Å². The molecule has 0 fully saturated rings. The zero-order valence-electron chi connectivity index (χ0n) is 5.86. The van der Waals surface area contributed by atoms with Crippen molar-refractivity contribution in [2.24, 2.45) is 0 Å². The Morgan fingerprint density at radius 2 is 2.00 bits per heavy atom. The average Bonchev–Trinajstić information content (AvgIpc) is 1.85. The Kier molecular flexibility index (Phi) is 2.69. The SMILES string of the molecule is Cc1cc(Br)cc(Br)c1C#N. The molecule has 0 bridgehead atoms. The van der Waals surface area contributed by atoms with Crippen LogP contribution in [0.2, 0.25) is 0 Å². The Bertz CT molecular complexity index is 302. The highest BCUT2D eigenvalue weighted by Crippen LogP contribution is 2.24. The van der Waals surface area contributed by atoms with E-state index in [-0.39, 0.29) is 0 Å². The number of hydrogen-bond donors (Lipinski definition) is 0. The van der Waals surface area contributed by atoms with Crippen LogP contribution in [0.3, 0.4) is 0 Å². The van der Waals surface area contributed by atoms with Crippen LogP contribution in [-0.2, 0) is 0 Å². The second kappa shape index (κ2) is 3.38. The number of aryl methyl sites for hydroxylation is 1. The van der Waals surface area contributed by atoms with Gasteiger partial charge in [0.25, 0.3) is 0 Å². The summed E-state index contributed by atoms with van der Waals surface area (Å²) in [6.07, 6.45) is 0. The van der Waals surface area contributed by atoms with E-state index < -0.39 is 0 Å². The molecular formula is C8H5Br2N. The lowest BCUT2D eigenvalue weighted by Gasteiger charge is -2.00. The van der Waals surface area contributed by atoms with Crippen molar-refractivity contribution in [1.82, 2.24) is 0 Å². The van der Waals surface area contributed by atoms with E-state index in [4.69, 9.17) is 5.26 Å². The lowest BCUT2D eigenvalue weighted by molar-refractivity contribution is 1.36. The molecule has 0 saturated carbocycles. The number of rotatable bonds is 0. The van der Waals surface area contributed by atoms with Crippen molar-refractivity contribution in [3.8, 4) is 6.07 Å². The molecule has 0 atom stereocenters. The first-order valence-corrected chi connectivity index (χ1v) is 4.59. The monoisotopic (exact) mass is 273 g/mol. The largest absolute Gasteiger partial charge is 0.192 e. The Morgan fingerprint density at radius 3 is 2.45 bits per heavy atom. The molecule has 0 N–H and O–H groups in total. The quantitative estimate of drug-likeness (QED) is 0.711. The molecule has 0 aliphatic carbocycles. The van der Waals surface area contributed by atoms with Crippen LogP contribution in [0.1, 0.15) is 11.1 Å². The minimum atomic E-state index is 0.702. The fourth-order valence-electron chi connectivity index (χ4n) is 0.844. The van der Waals surface area contributed by atoms with Gasteiger partial charge in [-0.05, 0) is 40.5 Å². The summed E-state index contributed by atoms with van der Waals surface area (Å²) in [5.74, 6) is 0. The molecule has 1 nitrogen and oxygen atoms in total. The van der Waals surface area contributed by atoms with Crippen LogP contribution in [0.5, 0.6) is 0 Å². The third-order valence-electron chi connectivity index (χ3n) is 1.36. The normalized spacial score (nSPS) is 9.27. The highest BCUT2D eigenvalue weighted by molar-refractivity contribution is 9.11. The van der Waals surface area contributed by atoms with Crippen LogP contribution < -0.4 is 0 Å². The van der Waals surface area contributed by atoms with E-state index in [1.165, 1.54) is 0 Å². The van der Waals surface area contributed by atoms with E-state index in [2.05, 4.69) is 37.9 Å². The molecule has 0 aliphatic rings. The summed E-state index contributed by atoms with van der Waals surface area (Å²) >= 11 is 6.64. The second-order valence-electron chi connectivity index (χ2n) is 2.19. The van der Waals surface area contributed by atoms with E-state index in [1.807, 2.05) is 19.1 Å². The van der Waals surface area contributed by atoms with E-state index in [0.29, 0.717) is 5.56 Å². The third kappa shape index (κ3) is 1.82. The van der Waals surface area contributed by atoms with Crippen LogP contribution in [0.4, 0.5) is 0 Å². The number of nitriles is 1. The average molecular weight is 275 g/mol. The van der Waals surface area contributed by atoms with Crippen molar-refractivity contribution in [3.05, 3.63) is 32.2 Å². The van der Waals surface area contributed by atoms with Gasteiger partial charge >= 0.3 is 0 Å². The Hall–Kier alpha value is -0.330. The standard InChI is InChI=1S/C8H5Br2N/c1-5-2-6(9)3-8(10)7(5)4-11/h2-3H,1H3. The number of hydrogen-bond acceptors (Lipinski definition) is 1. The smallest absolute Gasteiger partial charge is 0.101 e. The van der Waals surface area contributed by atoms with E-state index in [9.17, 15) is 0 Å². The van der Waals surface area contributed by atoms with Crippen LogP contribution in [0.25, 0.3) is 0 Å². The second-order valence-corrected chi connectivity index (χ2v) is 3.96. The maximum Gasteiger partial charge on any atom is 0.101 e. The first kappa shape index (κ1) is 8.76. The summed E-state index contributed by atoms with van der Waals surface area (Å²) in [5.41, 5.74) is 1.68. The molecule has 0 saturated heterocycles. The molecule has 0 spiro atoms. The molecule has 0 aromatic heterocycles. The van der Waals surface area contributed by atoms with Gasteiger partial charge < -0.3 is 0 Å². The number of halogens is 2. The predicted octanol–water partition coefficient (Wildman–Crippen LogP) is 3.39. The molecular weight excluding hydrogens is 270 g/mol. The maximum atomic E-state index is 8.69. The summed E-state index contributed by atoms with van der Waals surface area (Å²) in [6.45, 7) is 1.91. The van der Waals surface area contributed by atoms with Crippen molar-refractivity contribution >= 4 is 31.9 Å². The third-order valence-corrected chi connectivity index (χ3v) is 2.45. The Labute approximate surface area is 82.3 Å². The molecule has 1 aromatic rings. The zero-order valence-corrected chi connectivity index (χ0v) is 9.03. The van der Waals surface area contributed by atoms with Crippen molar-refractivity contribution in [1.29, 1.82) is 5.26 Å². The van der Waals surface area contributed by atoms with Gasteiger partial charge in [0, 0.05) is 8.95 Å². The van der Waals surface area contributed by atoms with Crippen LogP contribution in [0.15, 0.2) is 21.1 Å². The first-order chi connectivity index (χ1) is 5.15. The van der Waals surface area contributed by atoms with Crippen LogP contribution in [0, 0.1) is 18.3 Å². The van der Waals surface area contributed by atoms with Gasteiger partial charge in [-0.2, -0.15) is 5.26 Å². The Balaban J connectivity index is 3.40. The minimum absolute atomic E-state index is 0.702. The highest BCUT2D eigenvalue weighted by Gasteiger charge is 2.02. The molecule has 0 aliphatic heterocycles.